The Bertz CT molecular complexity index is 627. The predicted octanol–water partition coefficient (Wildman–Crippen LogP) is 3.96. The summed E-state index contributed by atoms with van der Waals surface area (Å²) >= 11 is 8.03. The molecular formula is C13H11ClN2S. The summed E-state index contributed by atoms with van der Waals surface area (Å²) in [4.78, 5) is 5.71. The van der Waals surface area contributed by atoms with E-state index < -0.39 is 0 Å². The van der Waals surface area contributed by atoms with Crippen molar-refractivity contribution in [2.45, 2.75) is 13.0 Å². The normalized spacial score (nSPS) is 19.2. The maximum absolute atomic E-state index is 6.24. The van der Waals surface area contributed by atoms with Crippen LogP contribution in [0.3, 0.4) is 0 Å². The van der Waals surface area contributed by atoms with Crippen molar-refractivity contribution in [1.82, 2.24) is 5.32 Å². The molecule has 1 unspecified atom stereocenters. The molecule has 1 aromatic heterocycles. The zero-order chi connectivity index (χ0) is 11.8. The molecule has 1 aliphatic rings. The number of hydrogen-bond acceptors (Lipinski definition) is 3. The Morgan fingerprint density at radius 1 is 1.35 bits per heavy atom. The van der Waals surface area contributed by atoms with Crippen molar-refractivity contribution < 1.29 is 0 Å². The van der Waals surface area contributed by atoms with Crippen molar-refractivity contribution in [3.63, 3.8) is 0 Å². The highest BCUT2D eigenvalue weighted by molar-refractivity contribution is 7.19. The third-order valence-corrected chi connectivity index (χ3v) is 4.29. The van der Waals surface area contributed by atoms with Gasteiger partial charge in [0.05, 0.1) is 11.4 Å². The van der Waals surface area contributed by atoms with Crippen LogP contribution in [0.2, 0.25) is 0 Å². The van der Waals surface area contributed by atoms with E-state index in [1.807, 2.05) is 0 Å². The van der Waals surface area contributed by atoms with Crippen LogP contribution < -0.4 is 5.32 Å². The first-order chi connectivity index (χ1) is 8.27. The maximum Gasteiger partial charge on any atom is 0.115 e. The van der Waals surface area contributed by atoms with Gasteiger partial charge >= 0.3 is 0 Å². The van der Waals surface area contributed by atoms with E-state index in [1.165, 1.54) is 20.5 Å². The Labute approximate surface area is 109 Å². The van der Waals surface area contributed by atoms with Crippen LogP contribution in [0, 0.1) is 6.92 Å². The van der Waals surface area contributed by atoms with Crippen molar-refractivity contribution in [3.05, 3.63) is 45.9 Å². The van der Waals surface area contributed by atoms with E-state index in [-0.39, 0.29) is 6.04 Å². The van der Waals surface area contributed by atoms with Crippen LogP contribution in [0.4, 0.5) is 0 Å². The summed E-state index contributed by atoms with van der Waals surface area (Å²) in [7, 11) is 0. The number of rotatable bonds is 1. The Morgan fingerprint density at radius 3 is 3.00 bits per heavy atom. The molecule has 0 spiro atoms. The summed E-state index contributed by atoms with van der Waals surface area (Å²) < 4.78 is 1.29. The molecule has 0 saturated heterocycles. The van der Waals surface area contributed by atoms with Gasteiger partial charge in [-0.25, -0.2) is 0 Å². The van der Waals surface area contributed by atoms with E-state index in [0.29, 0.717) is 0 Å². The van der Waals surface area contributed by atoms with Crippen LogP contribution in [0.1, 0.15) is 16.5 Å². The zero-order valence-electron chi connectivity index (χ0n) is 9.27. The van der Waals surface area contributed by atoms with Gasteiger partial charge < -0.3 is 5.32 Å². The predicted molar refractivity (Wildman–Crippen MR) is 74.9 cm³/mol. The topological polar surface area (TPSA) is 24.4 Å². The maximum atomic E-state index is 6.24. The molecule has 2 aromatic rings. The van der Waals surface area contributed by atoms with Crippen LogP contribution in [0.25, 0.3) is 10.1 Å². The van der Waals surface area contributed by atoms with Gasteiger partial charge in [-0.2, -0.15) is 0 Å². The number of aryl methyl sites for hydroxylation is 1. The summed E-state index contributed by atoms with van der Waals surface area (Å²) in [6, 6.07) is 8.33. The second-order valence-corrected chi connectivity index (χ2v) is 5.64. The lowest BCUT2D eigenvalue weighted by atomic mass is 10.0. The third kappa shape index (κ3) is 1.75. The molecule has 0 fully saturated rings. The fourth-order valence-electron chi connectivity index (χ4n) is 2.12. The summed E-state index contributed by atoms with van der Waals surface area (Å²) in [6.45, 7) is 2.13. The average Bonchev–Trinajstić information content (AvgIpc) is 2.66. The summed E-state index contributed by atoms with van der Waals surface area (Å²) in [6.07, 6.45) is 3.49. The highest BCUT2D eigenvalue weighted by Gasteiger charge is 2.22. The fourth-order valence-corrected chi connectivity index (χ4v) is 3.45. The molecule has 0 aliphatic carbocycles. The van der Waals surface area contributed by atoms with E-state index in [2.05, 4.69) is 41.5 Å². The van der Waals surface area contributed by atoms with Crippen molar-refractivity contribution in [2.75, 3.05) is 0 Å². The Balaban J connectivity index is 2.23. The minimum Gasteiger partial charge on any atom is -0.352 e. The molecule has 2 nitrogen and oxygen atoms in total. The van der Waals surface area contributed by atoms with Crippen molar-refractivity contribution >= 4 is 39.4 Å². The summed E-state index contributed by atoms with van der Waals surface area (Å²) in [5.74, 6) is 0. The molecule has 3 rings (SSSR count). The lowest BCUT2D eigenvalue weighted by Crippen LogP contribution is -2.12. The largest absolute Gasteiger partial charge is 0.352 e. The van der Waals surface area contributed by atoms with Gasteiger partial charge in [0.2, 0.25) is 0 Å². The molecule has 86 valence electrons. The standard InChI is InChI=1S/C13H11ClN2S/c1-8-12(13-10(14)6-15-7-16-13)9-4-2-3-5-11(9)17-8/h2-7,13H,1H3,(H,15,16). The van der Waals surface area contributed by atoms with Crippen molar-refractivity contribution in [1.29, 1.82) is 0 Å². The van der Waals surface area contributed by atoms with E-state index in [0.717, 1.165) is 5.03 Å². The van der Waals surface area contributed by atoms with Gasteiger partial charge in [-0.15, -0.1) is 11.3 Å². The number of fused-ring (bicyclic) bond motifs is 1. The highest BCUT2D eigenvalue weighted by atomic mass is 35.5. The third-order valence-electron chi connectivity index (χ3n) is 2.87. The van der Waals surface area contributed by atoms with Gasteiger partial charge in [0.25, 0.3) is 0 Å². The molecule has 17 heavy (non-hydrogen) atoms. The molecule has 1 atom stereocenters. The number of halogens is 1. The molecule has 0 saturated carbocycles. The Morgan fingerprint density at radius 2 is 2.18 bits per heavy atom. The van der Waals surface area contributed by atoms with Gasteiger partial charge in [-0.3, -0.25) is 4.99 Å². The lowest BCUT2D eigenvalue weighted by molar-refractivity contribution is 0.871. The van der Waals surface area contributed by atoms with Gasteiger partial charge in [-0.05, 0) is 18.4 Å². The molecule has 0 bridgehead atoms. The molecule has 0 radical (unpaired) electrons. The summed E-state index contributed by atoms with van der Waals surface area (Å²) in [5, 5.41) is 4.90. The van der Waals surface area contributed by atoms with Crippen LogP contribution >= 0.6 is 22.9 Å². The van der Waals surface area contributed by atoms with E-state index in [9.17, 15) is 0 Å². The second kappa shape index (κ2) is 4.17. The minimum absolute atomic E-state index is 0.0610. The zero-order valence-corrected chi connectivity index (χ0v) is 10.8. The number of benzene rings is 1. The number of nitrogens with zero attached hydrogens (tertiary/aromatic N) is 1. The first kappa shape index (κ1) is 10.8. The van der Waals surface area contributed by atoms with E-state index in [4.69, 9.17) is 11.6 Å². The van der Waals surface area contributed by atoms with Crippen LogP contribution in [-0.2, 0) is 0 Å². The van der Waals surface area contributed by atoms with Gasteiger partial charge in [-0.1, -0.05) is 29.8 Å². The van der Waals surface area contributed by atoms with Gasteiger partial charge in [0.1, 0.15) is 6.04 Å². The molecule has 0 amide bonds. The van der Waals surface area contributed by atoms with Crippen LogP contribution in [0.15, 0.2) is 40.5 Å². The second-order valence-electron chi connectivity index (χ2n) is 3.94. The molecular weight excluding hydrogens is 252 g/mol. The van der Waals surface area contributed by atoms with E-state index >= 15 is 0 Å². The smallest absolute Gasteiger partial charge is 0.115 e. The van der Waals surface area contributed by atoms with Crippen LogP contribution in [-0.4, -0.2) is 6.34 Å². The van der Waals surface area contributed by atoms with E-state index in [1.54, 1.807) is 23.9 Å². The quantitative estimate of drug-likeness (QED) is 0.826. The summed E-state index contributed by atoms with van der Waals surface area (Å²) in [5.41, 5.74) is 1.23. The fraction of sp³-hybridized carbons (Fsp3) is 0.154. The first-order valence-electron chi connectivity index (χ1n) is 5.38. The molecule has 1 aliphatic heterocycles. The number of hydrogen-bond donors (Lipinski definition) is 1. The Hall–Kier alpha value is -1.32. The SMILES string of the molecule is Cc1sc2ccccc2c1C1N=CNC=C1Cl. The van der Waals surface area contributed by atoms with Gasteiger partial charge in [0.15, 0.2) is 0 Å². The Kier molecular flexibility index (Phi) is 2.65. The number of nitrogens with one attached hydrogen (secondary N) is 1. The molecule has 2 heterocycles. The minimum atomic E-state index is -0.0610. The molecule has 4 heteroatoms. The van der Waals surface area contributed by atoms with Crippen LogP contribution in [0.5, 0.6) is 0 Å². The monoisotopic (exact) mass is 262 g/mol. The number of thiophene rings is 1. The first-order valence-corrected chi connectivity index (χ1v) is 6.58. The lowest BCUT2D eigenvalue weighted by Gasteiger charge is -2.15. The molecule has 1 N–H and O–H groups in total. The van der Waals surface area contributed by atoms with Gasteiger partial charge in [0, 0.05) is 21.3 Å². The highest BCUT2D eigenvalue weighted by Crippen LogP contribution is 2.40. The number of aliphatic imine (C=N–C) groups is 1. The van der Waals surface area contributed by atoms with Crippen molar-refractivity contribution in [3.8, 4) is 0 Å². The van der Waals surface area contributed by atoms with Crippen molar-refractivity contribution in [2.24, 2.45) is 4.99 Å². The average molecular weight is 263 g/mol. The molecule has 1 aromatic carbocycles.